The Bertz CT molecular complexity index is 1360. The van der Waals surface area contributed by atoms with Gasteiger partial charge in [-0.15, -0.1) is 24.8 Å². The minimum absolute atomic E-state index is 0. The second kappa shape index (κ2) is 12.9. The Kier molecular flexibility index (Phi) is 9.86. The molecule has 0 saturated carbocycles. The average molecular weight is 541 g/mol. The van der Waals surface area contributed by atoms with Crippen molar-refractivity contribution in [3.63, 3.8) is 0 Å². The number of halogens is 3. The molecule has 1 aliphatic rings. The summed E-state index contributed by atoms with van der Waals surface area (Å²) in [6, 6.07) is 24.2. The van der Waals surface area contributed by atoms with E-state index in [2.05, 4.69) is 56.5 Å². The highest BCUT2D eigenvalue weighted by Crippen LogP contribution is 2.27. The van der Waals surface area contributed by atoms with Gasteiger partial charge in [0.2, 0.25) is 0 Å². The van der Waals surface area contributed by atoms with Gasteiger partial charge in [0.1, 0.15) is 5.82 Å². The lowest BCUT2D eigenvalue weighted by molar-refractivity contribution is 0.102. The number of hydrogen-bond acceptors (Lipinski definition) is 4. The molecule has 0 unspecified atom stereocenters. The van der Waals surface area contributed by atoms with Gasteiger partial charge in [-0.25, -0.2) is 4.39 Å². The van der Waals surface area contributed by atoms with Gasteiger partial charge in [-0.3, -0.25) is 14.7 Å². The first-order chi connectivity index (χ1) is 17.0. The largest absolute Gasteiger partial charge is 0.368 e. The Morgan fingerprint density at radius 3 is 2.46 bits per heavy atom. The van der Waals surface area contributed by atoms with Crippen LogP contribution >= 0.6 is 24.8 Å². The predicted molar refractivity (Wildman–Crippen MR) is 154 cm³/mol. The number of nitrogens with one attached hydrogen (secondary N) is 1. The van der Waals surface area contributed by atoms with E-state index in [1.807, 2.05) is 25.1 Å². The molecule has 194 valence electrons. The fraction of sp³-hybridized carbons (Fsp3) is 0.241. The zero-order chi connectivity index (χ0) is 24.2. The highest BCUT2D eigenvalue weighted by atomic mass is 35.5. The average Bonchev–Trinajstić information content (AvgIpc) is 2.87. The molecule has 0 aliphatic carbocycles. The van der Waals surface area contributed by atoms with E-state index >= 15 is 0 Å². The number of piperazine rings is 1. The van der Waals surface area contributed by atoms with Gasteiger partial charge >= 0.3 is 0 Å². The summed E-state index contributed by atoms with van der Waals surface area (Å²) in [5.41, 5.74) is 5.55. The highest BCUT2D eigenvalue weighted by Gasteiger charge is 2.19. The van der Waals surface area contributed by atoms with Crippen molar-refractivity contribution in [3.8, 4) is 0 Å². The van der Waals surface area contributed by atoms with Crippen LogP contribution in [0.25, 0.3) is 10.9 Å². The first-order valence-electron chi connectivity index (χ1n) is 12.0. The zero-order valence-corrected chi connectivity index (χ0v) is 22.3. The summed E-state index contributed by atoms with van der Waals surface area (Å²) in [6.07, 6.45) is 0.904. The van der Waals surface area contributed by atoms with Crippen molar-refractivity contribution in [1.82, 2.24) is 9.88 Å². The molecule has 1 aliphatic heterocycles. The van der Waals surface area contributed by atoms with Crippen molar-refractivity contribution in [1.29, 1.82) is 0 Å². The quantitative estimate of drug-likeness (QED) is 0.319. The summed E-state index contributed by atoms with van der Waals surface area (Å²) < 4.78 is 13.4. The molecule has 2 heterocycles. The lowest BCUT2D eigenvalue weighted by Crippen LogP contribution is -2.47. The smallest absolute Gasteiger partial charge is 0.255 e. The predicted octanol–water partition coefficient (Wildman–Crippen LogP) is 6.14. The Hall–Kier alpha value is -3.19. The van der Waals surface area contributed by atoms with Gasteiger partial charge in [0, 0.05) is 60.7 Å². The summed E-state index contributed by atoms with van der Waals surface area (Å²) >= 11 is 0. The summed E-state index contributed by atoms with van der Waals surface area (Å²) in [5.74, 6) is -0.727. The number of fused-ring (bicyclic) bond motifs is 1. The molecule has 37 heavy (non-hydrogen) atoms. The highest BCUT2D eigenvalue weighted by molar-refractivity contribution is 6.04. The minimum atomic E-state index is -0.418. The number of benzene rings is 3. The van der Waals surface area contributed by atoms with Crippen LogP contribution in [0.1, 0.15) is 21.6 Å². The number of carbonyl (C=O) groups excluding carboxylic acids is 1. The Balaban J connectivity index is 0.00000190. The number of amides is 1. The normalized spacial score (nSPS) is 13.5. The molecule has 4 aromatic rings. The topological polar surface area (TPSA) is 48.5 Å². The number of carbonyl (C=O) groups is 1. The van der Waals surface area contributed by atoms with Crippen LogP contribution in [0, 0.1) is 12.7 Å². The number of aryl methyl sites for hydroxylation is 1. The van der Waals surface area contributed by atoms with E-state index in [9.17, 15) is 9.18 Å². The Morgan fingerprint density at radius 2 is 1.68 bits per heavy atom. The first-order valence-corrected chi connectivity index (χ1v) is 12.0. The van der Waals surface area contributed by atoms with Gasteiger partial charge in [0.05, 0.1) is 5.52 Å². The SMILES string of the molecule is Cc1ccc2c(N3CCN(CCc4cccc(NC(=O)c5cccc(F)c5)c4)CC3)cccc2n1.Cl.Cl. The van der Waals surface area contributed by atoms with Crippen molar-refractivity contribution >= 4 is 53.0 Å². The maximum Gasteiger partial charge on any atom is 0.255 e. The fourth-order valence-electron chi connectivity index (χ4n) is 4.65. The molecule has 1 fully saturated rings. The molecule has 1 aromatic heterocycles. The molecule has 1 N–H and O–H groups in total. The lowest BCUT2D eigenvalue weighted by atomic mass is 10.1. The number of rotatable bonds is 6. The molecule has 5 rings (SSSR count). The standard InChI is InChI=1S/C29H29FN4O.2ClH/c1-21-11-12-26-27(31-21)9-4-10-28(26)34-17-15-33(16-18-34)14-13-22-5-2-8-25(19-22)32-29(35)23-6-3-7-24(30)20-23;;/h2-12,19-20H,13-18H2,1H3,(H,32,35);2*1H. The Morgan fingerprint density at radius 1 is 0.919 bits per heavy atom. The van der Waals surface area contributed by atoms with Gasteiger partial charge in [-0.1, -0.05) is 24.3 Å². The van der Waals surface area contributed by atoms with E-state index in [0.717, 1.165) is 56.0 Å². The zero-order valence-electron chi connectivity index (χ0n) is 20.7. The fourth-order valence-corrected chi connectivity index (χ4v) is 4.65. The first kappa shape index (κ1) is 28.4. The van der Waals surface area contributed by atoms with Crippen molar-refractivity contribution < 1.29 is 9.18 Å². The maximum atomic E-state index is 13.4. The third-order valence-electron chi connectivity index (χ3n) is 6.55. The molecular formula is C29H31Cl2FN4O. The summed E-state index contributed by atoms with van der Waals surface area (Å²) in [5, 5.41) is 4.09. The number of hydrogen-bond donors (Lipinski definition) is 1. The van der Waals surface area contributed by atoms with Gasteiger partial charge in [-0.2, -0.15) is 0 Å². The molecule has 8 heteroatoms. The monoisotopic (exact) mass is 540 g/mol. The molecule has 1 amide bonds. The number of aromatic nitrogens is 1. The third-order valence-corrected chi connectivity index (χ3v) is 6.55. The van der Waals surface area contributed by atoms with Crippen LogP contribution in [0.2, 0.25) is 0 Å². The second-order valence-corrected chi connectivity index (χ2v) is 9.04. The molecule has 0 bridgehead atoms. The van der Waals surface area contributed by atoms with Gasteiger partial charge in [0.25, 0.3) is 5.91 Å². The van der Waals surface area contributed by atoms with Crippen molar-refractivity contribution in [2.24, 2.45) is 0 Å². The number of nitrogens with zero attached hydrogens (tertiary/aromatic N) is 3. The number of pyridine rings is 1. The van der Waals surface area contributed by atoms with E-state index in [1.165, 1.54) is 28.8 Å². The maximum absolute atomic E-state index is 13.4. The molecular weight excluding hydrogens is 510 g/mol. The molecule has 5 nitrogen and oxygen atoms in total. The summed E-state index contributed by atoms with van der Waals surface area (Å²) in [6.45, 7) is 6.97. The van der Waals surface area contributed by atoms with Crippen molar-refractivity contribution in [2.45, 2.75) is 13.3 Å². The van der Waals surface area contributed by atoms with E-state index in [4.69, 9.17) is 0 Å². The second-order valence-electron chi connectivity index (χ2n) is 9.04. The van der Waals surface area contributed by atoms with Crippen LogP contribution in [0.15, 0.2) is 78.9 Å². The minimum Gasteiger partial charge on any atom is -0.368 e. The molecule has 0 radical (unpaired) electrons. The molecule has 0 atom stereocenters. The lowest BCUT2D eigenvalue weighted by Gasteiger charge is -2.36. The molecule has 3 aromatic carbocycles. The molecule has 0 spiro atoms. The van der Waals surface area contributed by atoms with Crippen molar-refractivity contribution in [3.05, 3.63) is 102 Å². The van der Waals surface area contributed by atoms with E-state index in [1.54, 1.807) is 12.1 Å². The molecule has 1 saturated heterocycles. The van der Waals surface area contributed by atoms with E-state index < -0.39 is 5.82 Å². The van der Waals surface area contributed by atoms with Crippen LogP contribution in [0.5, 0.6) is 0 Å². The number of anilines is 2. The summed E-state index contributed by atoms with van der Waals surface area (Å²) in [4.78, 5) is 22.1. The van der Waals surface area contributed by atoms with Crippen molar-refractivity contribution in [2.75, 3.05) is 42.9 Å². The van der Waals surface area contributed by atoms with Gasteiger partial charge < -0.3 is 10.2 Å². The van der Waals surface area contributed by atoms with Crippen LogP contribution in [-0.2, 0) is 6.42 Å². The third kappa shape index (κ3) is 6.98. The van der Waals surface area contributed by atoms with Gasteiger partial charge in [0.15, 0.2) is 0 Å². The summed E-state index contributed by atoms with van der Waals surface area (Å²) in [7, 11) is 0. The van der Waals surface area contributed by atoms with Crippen LogP contribution in [0.3, 0.4) is 0 Å². The van der Waals surface area contributed by atoms with Crippen LogP contribution < -0.4 is 10.2 Å². The van der Waals surface area contributed by atoms with E-state index in [-0.39, 0.29) is 30.7 Å². The van der Waals surface area contributed by atoms with E-state index in [0.29, 0.717) is 5.56 Å². The van der Waals surface area contributed by atoms with Crippen LogP contribution in [0.4, 0.5) is 15.8 Å². The van der Waals surface area contributed by atoms with Gasteiger partial charge in [-0.05, 0) is 73.5 Å². The van der Waals surface area contributed by atoms with Crippen LogP contribution in [-0.4, -0.2) is 48.5 Å². The Labute approximate surface area is 229 Å².